The molecule has 0 amide bonds. The number of allylic oxidation sites excluding steroid dienone is 7. The van der Waals surface area contributed by atoms with Gasteiger partial charge in [0.2, 0.25) is 0 Å². The Labute approximate surface area is 340 Å². The molecule has 0 aromatic heterocycles. The van der Waals surface area contributed by atoms with Gasteiger partial charge in [-0.3, -0.25) is 9.55 Å². The maximum atomic E-state index is 13.9. The summed E-state index contributed by atoms with van der Waals surface area (Å²) in [7, 11) is -4.43. The van der Waals surface area contributed by atoms with E-state index in [0.717, 1.165) is 39.3 Å². The van der Waals surface area contributed by atoms with Crippen LogP contribution in [-0.4, -0.2) is 55.6 Å². The normalized spacial score (nSPS) is 18.8. The van der Waals surface area contributed by atoms with E-state index in [4.69, 9.17) is 56.1 Å². The summed E-state index contributed by atoms with van der Waals surface area (Å²) in [6.07, 6.45) is 8.27. The number of fused-ring (bicyclic) bond motifs is 3. The highest BCUT2D eigenvalue weighted by molar-refractivity contribution is 7.86. The molecule has 3 aliphatic rings. The third-order valence-corrected chi connectivity index (χ3v) is 12.5. The summed E-state index contributed by atoms with van der Waals surface area (Å²) >= 11 is 27.6. The second-order valence-electron chi connectivity index (χ2n) is 16.0. The summed E-state index contributed by atoms with van der Waals surface area (Å²) in [5.41, 5.74) is 7.17. The molecule has 54 heavy (non-hydrogen) atoms. The predicted molar refractivity (Wildman–Crippen MR) is 227 cm³/mol. The summed E-state index contributed by atoms with van der Waals surface area (Å²) in [6.45, 7) is 23.7. The number of rotatable bonds is 8. The standard InChI is InChI=1S/C42H48Cl4N2O5S/c1-12-47-30-17-28-26(15-24(30)22(4)19-40(5,6)7)32(33-34(39(49)53-14-3)36(44)38(46)37(45)35(33)43)27-16-25-23(21-54(50,51)52)20-41(8,9)48(13-2)31(25)18-29(27)42(28,10)11/h15-20H,12-14,21H2,1-11H3,(H,50,51,52)/b22-19-,47-30+. The van der Waals surface area contributed by atoms with Gasteiger partial charge in [0.25, 0.3) is 10.1 Å². The topological polar surface area (TPSA) is 96.3 Å². The molecule has 0 saturated heterocycles. The van der Waals surface area contributed by atoms with Crippen molar-refractivity contribution >= 4 is 85.0 Å². The molecular weight excluding hydrogens is 786 g/mol. The van der Waals surface area contributed by atoms with E-state index in [0.29, 0.717) is 35.4 Å². The summed E-state index contributed by atoms with van der Waals surface area (Å²) < 4.78 is 40.7. The van der Waals surface area contributed by atoms with Crippen molar-refractivity contribution in [3.8, 4) is 0 Å². The minimum Gasteiger partial charge on any atom is -0.462 e. The number of benzene rings is 2. The smallest absolute Gasteiger partial charge is 0.340 e. The summed E-state index contributed by atoms with van der Waals surface area (Å²) in [5, 5.41) is -0.212. The molecule has 1 heterocycles. The second kappa shape index (κ2) is 14.9. The van der Waals surface area contributed by atoms with Crippen molar-refractivity contribution in [1.29, 1.82) is 0 Å². The monoisotopic (exact) mass is 832 g/mol. The van der Waals surface area contributed by atoms with Gasteiger partial charge in [0.1, 0.15) is 5.75 Å². The molecule has 12 heteroatoms. The Hall–Kier alpha value is -2.85. The Morgan fingerprint density at radius 1 is 0.963 bits per heavy atom. The summed E-state index contributed by atoms with van der Waals surface area (Å²) in [4.78, 5) is 21.1. The minimum absolute atomic E-state index is 0.00861. The molecule has 0 saturated carbocycles. The Bertz CT molecular complexity index is 2270. The van der Waals surface area contributed by atoms with E-state index in [1.165, 1.54) is 0 Å². The van der Waals surface area contributed by atoms with Crippen LogP contribution in [-0.2, 0) is 20.3 Å². The Balaban J connectivity index is 2.09. The molecule has 290 valence electrons. The van der Waals surface area contributed by atoms with Gasteiger partial charge in [-0.25, -0.2) is 4.79 Å². The molecule has 2 aliphatic carbocycles. The quantitative estimate of drug-likeness (QED) is 0.123. The van der Waals surface area contributed by atoms with Crippen LogP contribution >= 0.6 is 46.4 Å². The van der Waals surface area contributed by atoms with Crippen LogP contribution in [0, 0.1) is 5.41 Å². The molecule has 7 nitrogen and oxygen atoms in total. The Morgan fingerprint density at radius 3 is 2.15 bits per heavy atom. The maximum absolute atomic E-state index is 13.9. The molecule has 0 fully saturated rings. The van der Waals surface area contributed by atoms with E-state index in [1.54, 1.807) is 6.92 Å². The molecule has 2 aromatic carbocycles. The minimum atomic E-state index is -4.43. The van der Waals surface area contributed by atoms with Crippen LogP contribution < -0.4 is 4.90 Å². The number of ether oxygens (including phenoxy) is 1. The van der Waals surface area contributed by atoms with Crippen molar-refractivity contribution in [2.75, 3.05) is 30.3 Å². The van der Waals surface area contributed by atoms with Crippen molar-refractivity contribution in [3.05, 3.63) is 107 Å². The highest BCUT2D eigenvalue weighted by atomic mass is 35.5. The highest BCUT2D eigenvalue weighted by Gasteiger charge is 2.44. The molecule has 5 rings (SSSR count). The van der Waals surface area contributed by atoms with Crippen LogP contribution in [0.15, 0.2) is 63.7 Å². The van der Waals surface area contributed by atoms with Crippen molar-refractivity contribution in [1.82, 2.24) is 0 Å². The van der Waals surface area contributed by atoms with E-state index in [2.05, 4.69) is 70.7 Å². The number of anilines is 1. The number of hydrogen-bond acceptors (Lipinski definition) is 6. The fourth-order valence-electron chi connectivity index (χ4n) is 8.06. The van der Waals surface area contributed by atoms with Crippen LogP contribution in [0.3, 0.4) is 0 Å². The number of carbonyl (C=O) groups is 1. The van der Waals surface area contributed by atoms with Crippen LogP contribution in [0.5, 0.6) is 0 Å². The number of carbonyl (C=O) groups excluding carboxylic acids is 1. The largest absolute Gasteiger partial charge is 0.462 e. The maximum Gasteiger partial charge on any atom is 0.340 e. The SMILES string of the molecule is CC/N=C1\C=C2C(=C(c3c(Cl)c(Cl)c(Cl)c(Cl)c3C(=O)OCC)c3cc4c(cc3C2(C)C)N(CC)C(C)(C)C=C4CS(=O)(=O)O)C=C1/C(C)=C\C(C)(C)C. The highest BCUT2D eigenvalue weighted by Crippen LogP contribution is 2.57. The van der Waals surface area contributed by atoms with E-state index in [-0.39, 0.29) is 43.2 Å². The Morgan fingerprint density at radius 2 is 1.59 bits per heavy atom. The van der Waals surface area contributed by atoms with E-state index in [9.17, 15) is 17.8 Å². The number of esters is 1. The zero-order chi connectivity index (χ0) is 40.5. The number of hydrogen-bond donors (Lipinski definition) is 1. The van der Waals surface area contributed by atoms with Gasteiger partial charge >= 0.3 is 5.97 Å². The first-order valence-corrected chi connectivity index (χ1v) is 21.1. The zero-order valence-electron chi connectivity index (χ0n) is 32.7. The first kappa shape index (κ1) is 42.3. The van der Waals surface area contributed by atoms with Gasteiger partial charge in [0.15, 0.2) is 0 Å². The van der Waals surface area contributed by atoms with Crippen molar-refractivity contribution in [3.63, 3.8) is 0 Å². The first-order valence-electron chi connectivity index (χ1n) is 18.0. The molecule has 0 bridgehead atoms. The fourth-order valence-corrected chi connectivity index (χ4v) is 9.71. The van der Waals surface area contributed by atoms with Crippen LogP contribution in [0.25, 0.3) is 11.1 Å². The first-order chi connectivity index (χ1) is 24.9. The van der Waals surface area contributed by atoms with E-state index in [1.807, 2.05) is 39.8 Å². The van der Waals surface area contributed by atoms with E-state index < -0.39 is 32.8 Å². The number of nitrogens with zero attached hydrogens (tertiary/aromatic N) is 2. The van der Waals surface area contributed by atoms with Gasteiger partial charge in [0, 0.05) is 40.9 Å². The molecule has 0 spiro atoms. The third-order valence-electron chi connectivity index (χ3n) is 10.1. The second-order valence-corrected chi connectivity index (χ2v) is 19.0. The lowest BCUT2D eigenvalue weighted by Crippen LogP contribution is -2.46. The molecular formula is C42H48Cl4N2O5S. The predicted octanol–water partition coefficient (Wildman–Crippen LogP) is 11.8. The number of halogens is 4. The van der Waals surface area contributed by atoms with Gasteiger partial charge in [-0.2, -0.15) is 8.42 Å². The summed E-state index contributed by atoms with van der Waals surface area (Å²) in [6, 6.07) is 4.02. The number of aliphatic imine (C=N–C) groups is 1. The van der Waals surface area contributed by atoms with Crippen molar-refractivity contribution in [2.24, 2.45) is 10.4 Å². The van der Waals surface area contributed by atoms with Crippen molar-refractivity contribution in [2.45, 2.75) is 87.1 Å². The average molecular weight is 835 g/mol. The lowest BCUT2D eigenvalue weighted by molar-refractivity contribution is 0.0526. The molecule has 1 aliphatic heterocycles. The van der Waals surface area contributed by atoms with Gasteiger partial charge in [0.05, 0.1) is 43.5 Å². The lowest BCUT2D eigenvalue weighted by atomic mass is 9.62. The molecule has 0 unspecified atom stereocenters. The molecule has 2 aromatic rings. The van der Waals surface area contributed by atoms with Crippen LogP contribution in [0.2, 0.25) is 20.1 Å². The molecule has 0 atom stereocenters. The van der Waals surface area contributed by atoms with Gasteiger partial charge in [-0.05, 0) is 110 Å². The van der Waals surface area contributed by atoms with Gasteiger partial charge in [-0.15, -0.1) is 0 Å². The van der Waals surface area contributed by atoms with Crippen LogP contribution in [0.1, 0.15) is 109 Å². The van der Waals surface area contributed by atoms with Crippen LogP contribution in [0.4, 0.5) is 5.69 Å². The fraction of sp³-hybridized carbons (Fsp3) is 0.429. The zero-order valence-corrected chi connectivity index (χ0v) is 36.5. The van der Waals surface area contributed by atoms with Gasteiger partial charge < -0.3 is 9.64 Å². The lowest BCUT2D eigenvalue weighted by Gasteiger charge is -2.46. The van der Waals surface area contributed by atoms with Crippen molar-refractivity contribution < 1.29 is 22.5 Å². The molecule has 1 N–H and O–H groups in total. The molecule has 0 radical (unpaired) electrons. The number of likely N-dealkylation sites (N-methyl/N-ethyl adjacent to an activating group) is 1. The Kier molecular flexibility index (Phi) is 11.7. The average Bonchev–Trinajstić information content (AvgIpc) is 3.04. The summed E-state index contributed by atoms with van der Waals surface area (Å²) in [5.74, 6) is -1.32. The third kappa shape index (κ3) is 7.64. The van der Waals surface area contributed by atoms with Gasteiger partial charge in [-0.1, -0.05) is 93.2 Å². The van der Waals surface area contributed by atoms with E-state index >= 15 is 0 Å².